The Hall–Kier alpha value is -3.41. The molecule has 0 bridgehead atoms. The van der Waals surface area contributed by atoms with Crippen molar-refractivity contribution in [2.24, 2.45) is 7.05 Å². The summed E-state index contributed by atoms with van der Waals surface area (Å²) in [4.78, 5) is 13.2. The van der Waals surface area contributed by atoms with Crippen molar-refractivity contribution in [3.05, 3.63) is 107 Å². The van der Waals surface area contributed by atoms with Crippen LogP contribution >= 0.6 is 11.6 Å². The van der Waals surface area contributed by atoms with Crippen LogP contribution in [0.5, 0.6) is 0 Å². The first-order chi connectivity index (χ1) is 16.0. The Labute approximate surface area is 199 Å². The molecule has 33 heavy (non-hydrogen) atoms. The Morgan fingerprint density at radius 2 is 1.82 bits per heavy atom. The van der Waals surface area contributed by atoms with Crippen molar-refractivity contribution in [3.63, 3.8) is 0 Å². The van der Waals surface area contributed by atoms with Gasteiger partial charge in [0.15, 0.2) is 0 Å². The van der Waals surface area contributed by atoms with Crippen molar-refractivity contribution in [1.82, 2.24) is 15.1 Å². The first kappa shape index (κ1) is 22.8. The highest BCUT2D eigenvalue weighted by Crippen LogP contribution is 2.30. The highest BCUT2D eigenvalue weighted by atomic mass is 35.5. The molecule has 4 aromatic rings. The molecule has 3 aromatic carbocycles. The molecule has 0 unspecified atom stereocenters. The summed E-state index contributed by atoms with van der Waals surface area (Å²) in [6, 6.07) is 23.3. The average Bonchev–Trinajstić information content (AvgIpc) is 3.24. The van der Waals surface area contributed by atoms with E-state index in [-0.39, 0.29) is 5.91 Å². The second-order valence-corrected chi connectivity index (χ2v) is 8.53. The first-order valence-electron chi connectivity index (χ1n) is 10.9. The maximum Gasteiger partial charge on any atom is 0.246 e. The van der Waals surface area contributed by atoms with Crippen molar-refractivity contribution in [1.29, 1.82) is 0 Å². The summed E-state index contributed by atoms with van der Waals surface area (Å²) in [5.74, 6) is -0.129. The van der Waals surface area contributed by atoms with Crippen LogP contribution in [0.15, 0.2) is 85.2 Å². The lowest BCUT2D eigenvalue weighted by atomic mass is 10.0. The lowest BCUT2D eigenvalue weighted by Crippen LogP contribution is -2.34. The molecular weight excluding hydrogens is 432 g/mol. The van der Waals surface area contributed by atoms with E-state index >= 15 is 0 Å². The van der Waals surface area contributed by atoms with E-state index in [1.54, 1.807) is 16.9 Å². The summed E-state index contributed by atoms with van der Waals surface area (Å²) in [6.45, 7) is 2.75. The second-order valence-electron chi connectivity index (χ2n) is 8.12. The average molecular weight is 459 g/mol. The number of nitrogens with one attached hydrogen (secondary N) is 2. The van der Waals surface area contributed by atoms with Gasteiger partial charge in [0.1, 0.15) is 6.04 Å². The van der Waals surface area contributed by atoms with Crippen LogP contribution in [-0.4, -0.2) is 22.2 Å². The smallest absolute Gasteiger partial charge is 0.246 e. The van der Waals surface area contributed by atoms with Crippen LogP contribution in [-0.2, 0) is 18.3 Å². The third kappa shape index (κ3) is 5.89. The van der Waals surface area contributed by atoms with Gasteiger partial charge in [-0.15, -0.1) is 0 Å². The quantitative estimate of drug-likeness (QED) is 0.363. The van der Waals surface area contributed by atoms with E-state index in [2.05, 4.69) is 46.9 Å². The number of hydrogen-bond donors (Lipinski definition) is 2. The molecule has 0 aliphatic heterocycles. The number of hydrogen-bond acceptors (Lipinski definition) is 3. The van der Waals surface area contributed by atoms with Crippen molar-refractivity contribution in [2.45, 2.75) is 19.4 Å². The number of carbonyl (C=O) groups is 1. The molecule has 1 atom stereocenters. The lowest BCUT2D eigenvalue weighted by molar-refractivity contribution is -0.118. The predicted octanol–water partition coefficient (Wildman–Crippen LogP) is 5.56. The van der Waals surface area contributed by atoms with E-state index in [9.17, 15) is 4.79 Å². The fourth-order valence-corrected chi connectivity index (χ4v) is 4.01. The summed E-state index contributed by atoms with van der Waals surface area (Å²) < 4.78 is 1.73. The van der Waals surface area contributed by atoms with Gasteiger partial charge in [0, 0.05) is 36.6 Å². The summed E-state index contributed by atoms with van der Waals surface area (Å²) in [6.07, 6.45) is 4.51. The zero-order chi connectivity index (χ0) is 23.2. The van der Waals surface area contributed by atoms with Crippen LogP contribution in [0.3, 0.4) is 0 Å². The number of nitrogens with zero attached hydrogens (tertiary/aromatic N) is 2. The fourth-order valence-electron chi connectivity index (χ4n) is 3.72. The Bertz CT molecular complexity index is 1220. The SMILES string of the molecule is Cc1ccc(CCN[C@@H](C(=O)Nc2ccc(-c3cnn(C)c3)c(Cl)c2)c2ccccc2)cc1. The molecule has 168 valence electrons. The molecule has 0 radical (unpaired) electrons. The van der Waals surface area contributed by atoms with Gasteiger partial charge >= 0.3 is 0 Å². The molecule has 1 heterocycles. The van der Waals surface area contributed by atoms with Gasteiger partial charge < -0.3 is 10.6 Å². The van der Waals surface area contributed by atoms with Crippen LogP contribution in [0.4, 0.5) is 5.69 Å². The third-order valence-corrected chi connectivity index (χ3v) is 5.84. The molecule has 0 aliphatic rings. The van der Waals surface area contributed by atoms with Crippen molar-refractivity contribution >= 4 is 23.2 Å². The molecule has 4 rings (SSSR count). The van der Waals surface area contributed by atoms with E-state index in [4.69, 9.17) is 11.6 Å². The molecule has 0 saturated heterocycles. The zero-order valence-corrected chi connectivity index (χ0v) is 19.5. The van der Waals surface area contributed by atoms with Gasteiger partial charge in [-0.05, 0) is 36.6 Å². The molecule has 1 amide bonds. The molecule has 0 spiro atoms. The van der Waals surface area contributed by atoms with Crippen LogP contribution in [0.2, 0.25) is 5.02 Å². The molecule has 6 heteroatoms. The monoisotopic (exact) mass is 458 g/mol. The Balaban J connectivity index is 1.47. The summed E-state index contributed by atoms with van der Waals surface area (Å²) in [5.41, 5.74) is 5.84. The minimum atomic E-state index is -0.478. The van der Waals surface area contributed by atoms with Gasteiger partial charge in [-0.3, -0.25) is 9.48 Å². The van der Waals surface area contributed by atoms with Gasteiger partial charge in [0.25, 0.3) is 0 Å². The number of anilines is 1. The van der Waals surface area contributed by atoms with Crippen LogP contribution in [0.25, 0.3) is 11.1 Å². The number of aromatic nitrogens is 2. The summed E-state index contributed by atoms with van der Waals surface area (Å²) in [7, 11) is 1.86. The maximum absolute atomic E-state index is 13.2. The predicted molar refractivity (Wildman–Crippen MR) is 134 cm³/mol. The Morgan fingerprint density at radius 1 is 1.06 bits per heavy atom. The van der Waals surface area contributed by atoms with Gasteiger partial charge in [-0.25, -0.2) is 0 Å². The van der Waals surface area contributed by atoms with E-state index < -0.39 is 6.04 Å². The van der Waals surface area contributed by atoms with Crippen LogP contribution in [0, 0.1) is 6.92 Å². The highest BCUT2D eigenvalue weighted by molar-refractivity contribution is 6.33. The van der Waals surface area contributed by atoms with Crippen molar-refractivity contribution in [2.75, 3.05) is 11.9 Å². The van der Waals surface area contributed by atoms with Gasteiger partial charge in [-0.1, -0.05) is 77.8 Å². The number of aryl methyl sites for hydroxylation is 2. The van der Waals surface area contributed by atoms with Crippen molar-refractivity contribution < 1.29 is 4.79 Å². The minimum absolute atomic E-state index is 0.129. The topological polar surface area (TPSA) is 59.0 Å². The Kier molecular flexibility index (Phi) is 7.23. The Morgan fingerprint density at radius 3 is 2.48 bits per heavy atom. The van der Waals surface area contributed by atoms with E-state index in [0.717, 1.165) is 23.1 Å². The van der Waals surface area contributed by atoms with Crippen LogP contribution < -0.4 is 10.6 Å². The summed E-state index contributed by atoms with van der Waals surface area (Å²) in [5, 5.41) is 11.2. The molecule has 2 N–H and O–H groups in total. The van der Waals surface area contributed by atoms with E-state index in [1.165, 1.54) is 11.1 Å². The van der Waals surface area contributed by atoms with Crippen molar-refractivity contribution in [3.8, 4) is 11.1 Å². The third-order valence-electron chi connectivity index (χ3n) is 5.53. The molecule has 1 aromatic heterocycles. The number of benzene rings is 3. The lowest BCUT2D eigenvalue weighted by Gasteiger charge is -2.19. The highest BCUT2D eigenvalue weighted by Gasteiger charge is 2.20. The van der Waals surface area contributed by atoms with E-state index in [1.807, 2.05) is 55.7 Å². The number of carbonyl (C=O) groups excluding carboxylic acids is 1. The largest absolute Gasteiger partial charge is 0.324 e. The number of halogens is 1. The summed E-state index contributed by atoms with van der Waals surface area (Å²) >= 11 is 6.51. The zero-order valence-electron chi connectivity index (χ0n) is 18.8. The maximum atomic E-state index is 13.2. The molecule has 5 nitrogen and oxygen atoms in total. The van der Waals surface area contributed by atoms with E-state index in [0.29, 0.717) is 17.3 Å². The minimum Gasteiger partial charge on any atom is -0.324 e. The molecule has 0 saturated carbocycles. The molecule has 0 fully saturated rings. The van der Waals surface area contributed by atoms with Gasteiger partial charge in [0.05, 0.1) is 11.2 Å². The normalized spacial score (nSPS) is 11.8. The fraction of sp³-hybridized carbons (Fsp3) is 0.185. The molecule has 0 aliphatic carbocycles. The van der Waals surface area contributed by atoms with Gasteiger partial charge in [0.2, 0.25) is 5.91 Å². The van der Waals surface area contributed by atoms with Gasteiger partial charge in [-0.2, -0.15) is 5.10 Å². The number of rotatable bonds is 8. The second kappa shape index (κ2) is 10.5. The first-order valence-corrected chi connectivity index (χ1v) is 11.3. The standard InChI is InChI=1S/C27H27ClN4O/c1-19-8-10-20(11-9-19)14-15-29-26(21-6-4-3-5-7-21)27(33)31-23-12-13-24(25(28)16-23)22-17-30-32(2)18-22/h3-13,16-18,26,29H,14-15H2,1-2H3,(H,31,33)/t26-/m1/s1. The number of amides is 1. The molecular formula is C27H27ClN4O. The van der Waals surface area contributed by atoms with Crippen LogP contribution in [0.1, 0.15) is 22.7 Å².